The standard InChI is InChI=1S/C22H27ClN6O3S/c1-21(2,31)8-9-32-17-5-4-14(10-15(17)23)28-12-16(26-27-28)19(30)33-20(22(3)6-7-22)25-18-11-24-13-29(18)33/h4-5,10-13,19,30-31,33H,6-9H2,1-3H3. The Hall–Kier alpha value is -2.40. The fourth-order valence-corrected chi connectivity index (χ4v) is 6.39. The SMILES string of the molecule is CC(C)(O)CCOc1ccc(-n2cc(C(O)[SH]3C(C4(C)CC4)=Nc4cncn43)nn2)cc1Cl. The molecule has 2 aromatic heterocycles. The van der Waals surface area contributed by atoms with Crippen LogP contribution in [0.15, 0.2) is 41.9 Å². The Kier molecular flexibility index (Phi) is 5.51. The van der Waals surface area contributed by atoms with Gasteiger partial charge in [0.1, 0.15) is 23.2 Å². The molecule has 0 spiro atoms. The summed E-state index contributed by atoms with van der Waals surface area (Å²) in [4.78, 5) is 8.97. The number of aliphatic hydroxyl groups excluding tert-OH is 1. The van der Waals surface area contributed by atoms with Gasteiger partial charge in [0, 0.05) is 11.8 Å². The summed E-state index contributed by atoms with van der Waals surface area (Å²) in [5.41, 5.74) is -0.437. The minimum absolute atomic E-state index is 0.0380. The molecule has 3 aromatic rings. The van der Waals surface area contributed by atoms with Gasteiger partial charge < -0.3 is 14.9 Å². The summed E-state index contributed by atoms with van der Waals surface area (Å²) in [7, 11) is 0. The molecular formula is C22H27ClN6O3S. The van der Waals surface area contributed by atoms with Crippen molar-refractivity contribution in [2.75, 3.05) is 6.61 Å². The predicted octanol–water partition coefficient (Wildman–Crippen LogP) is 3.96. The number of aromatic nitrogens is 5. The molecule has 1 saturated carbocycles. The van der Waals surface area contributed by atoms with Crippen LogP contribution in [0.25, 0.3) is 5.69 Å². The quantitative estimate of drug-likeness (QED) is 0.412. The molecule has 33 heavy (non-hydrogen) atoms. The number of thiol groups is 1. The van der Waals surface area contributed by atoms with Crippen LogP contribution >= 0.6 is 22.7 Å². The molecule has 2 unspecified atom stereocenters. The fourth-order valence-electron chi connectivity index (χ4n) is 3.65. The van der Waals surface area contributed by atoms with E-state index in [9.17, 15) is 10.2 Å². The first-order valence-electron chi connectivity index (χ1n) is 10.8. The van der Waals surface area contributed by atoms with E-state index in [-0.39, 0.29) is 5.41 Å². The van der Waals surface area contributed by atoms with Crippen molar-refractivity contribution in [2.24, 2.45) is 10.4 Å². The van der Waals surface area contributed by atoms with Gasteiger partial charge in [0.25, 0.3) is 0 Å². The molecule has 1 aromatic carbocycles. The number of hydrogen-bond donors (Lipinski definition) is 3. The number of imidazole rings is 1. The zero-order chi connectivity index (χ0) is 23.4. The number of aliphatic hydroxyl groups is 2. The Morgan fingerprint density at radius 2 is 2.12 bits per heavy atom. The highest BCUT2D eigenvalue weighted by molar-refractivity contribution is 8.29. The highest BCUT2D eigenvalue weighted by atomic mass is 35.5. The van der Waals surface area contributed by atoms with Crippen molar-refractivity contribution in [1.29, 1.82) is 0 Å². The number of halogens is 1. The molecule has 0 saturated heterocycles. The molecule has 0 amide bonds. The van der Waals surface area contributed by atoms with Crippen LogP contribution in [0, 0.1) is 5.41 Å². The van der Waals surface area contributed by atoms with E-state index in [1.165, 1.54) is 0 Å². The van der Waals surface area contributed by atoms with Crippen LogP contribution in [-0.4, -0.2) is 51.4 Å². The third-order valence-corrected chi connectivity index (χ3v) is 8.84. The summed E-state index contributed by atoms with van der Waals surface area (Å²) in [5.74, 6) is 1.31. The van der Waals surface area contributed by atoms with E-state index in [4.69, 9.17) is 21.3 Å². The van der Waals surface area contributed by atoms with Gasteiger partial charge in [-0.2, -0.15) is 0 Å². The Bertz CT molecular complexity index is 1210. The van der Waals surface area contributed by atoms with E-state index in [0.29, 0.717) is 35.2 Å². The van der Waals surface area contributed by atoms with Gasteiger partial charge in [0.15, 0.2) is 5.82 Å². The van der Waals surface area contributed by atoms with Crippen LogP contribution < -0.4 is 4.74 Å². The average Bonchev–Trinajstić information content (AvgIpc) is 3.16. The molecule has 11 heteroatoms. The van der Waals surface area contributed by atoms with Crippen LogP contribution in [-0.2, 0) is 0 Å². The number of nitrogens with zero attached hydrogens (tertiary/aromatic N) is 6. The van der Waals surface area contributed by atoms with Crippen molar-refractivity contribution in [3.63, 3.8) is 0 Å². The molecule has 3 heterocycles. The first-order valence-corrected chi connectivity index (χ1v) is 12.6. The second-order valence-corrected chi connectivity index (χ2v) is 11.9. The minimum atomic E-state index is -1.16. The van der Waals surface area contributed by atoms with Gasteiger partial charge in [-0.1, -0.05) is 34.8 Å². The zero-order valence-corrected chi connectivity index (χ0v) is 20.3. The summed E-state index contributed by atoms with van der Waals surface area (Å²) in [5, 5.41) is 31.0. The van der Waals surface area contributed by atoms with Crippen molar-refractivity contribution in [3.05, 3.63) is 47.6 Å². The molecule has 9 nitrogen and oxygen atoms in total. The Morgan fingerprint density at radius 1 is 1.33 bits per heavy atom. The normalized spacial score (nSPS) is 20.9. The van der Waals surface area contributed by atoms with Crippen LogP contribution in [0.5, 0.6) is 5.75 Å². The number of fused-ring (bicyclic) bond motifs is 1. The third kappa shape index (κ3) is 4.40. The second kappa shape index (κ2) is 8.12. The number of aliphatic imine (C=N–C) groups is 1. The molecular weight excluding hydrogens is 464 g/mol. The highest BCUT2D eigenvalue weighted by Gasteiger charge is 2.49. The van der Waals surface area contributed by atoms with E-state index < -0.39 is 22.1 Å². The van der Waals surface area contributed by atoms with Gasteiger partial charge in [-0.05, 0) is 44.9 Å². The maximum atomic E-state index is 11.3. The summed E-state index contributed by atoms with van der Waals surface area (Å²) in [6.45, 7) is 6.01. The van der Waals surface area contributed by atoms with Gasteiger partial charge in [-0.25, -0.2) is 14.7 Å². The van der Waals surface area contributed by atoms with Crippen molar-refractivity contribution < 1.29 is 14.9 Å². The second-order valence-electron chi connectivity index (χ2n) is 9.42. The molecule has 1 aliphatic heterocycles. The van der Waals surface area contributed by atoms with Gasteiger partial charge in [-0.15, -0.1) is 5.10 Å². The summed E-state index contributed by atoms with van der Waals surface area (Å²) < 4.78 is 9.24. The molecule has 2 aliphatic rings. The predicted molar refractivity (Wildman–Crippen MR) is 129 cm³/mol. The molecule has 0 bridgehead atoms. The molecule has 5 rings (SSSR count). The zero-order valence-electron chi connectivity index (χ0n) is 18.7. The molecule has 0 radical (unpaired) electrons. The van der Waals surface area contributed by atoms with Crippen LogP contribution in [0.4, 0.5) is 5.82 Å². The lowest BCUT2D eigenvalue weighted by atomic mass is 10.1. The summed E-state index contributed by atoms with van der Waals surface area (Å²) >= 11 is 5.24. The molecule has 1 aliphatic carbocycles. The van der Waals surface area contributed by atoms with E-state index >= 15 is 0 Å². The highest BCUT2D eigenvalue weighted by Crippen LogP contribution is 2.61. The smallest absolute Gasteiger partial charge is 0.162 e. The summed E-state index contributed by atoms with van der Waals surface area (Å²) in [6.07, 6.45) is 7.81. The van der Waals surface area contributed by atoms with Crippen LogP contribution in [0.2, 0.25) is 5.02 Å². The van der Waals surface area contributed by atoms with Crippen molar-refractivity contribution in [1.82, 2.24) is 24.0 Å². The van der Waals surface area contributed by atoms with Gasteiger partial charge in [0.05, 0.1) is 40.4 Å². The first-order chi connectivity index (χ1) is 15.6. The van der Waals surface area contributed by atoms with E-state index in [2.05, 4.69) is 22.2 Å². The Labute approximate surface area is 199 Å². The Morgan fingerprint density at radius 3 is 2.82 bits per heavy atom. The lowest BCUT2D eigenvalue weighted by molar-refractivity contribution is 0.0553. The minimum Gasteiger partial charge on any atom is -0.492 e. The lowest BCUT2D eigenvalue weighted by Gasteiger charge is -2.27. The third-order valence-electron chi connectivity index (χ3n) is 5.97. The van der Waals surface area contributed by atoms with Crippen molar-refractivity contribution >= 4 is 33.5 Å². The number of ether oxygens (including phenoxy) is 1. The number of hydrogen-bond acceptors (Lipinski definition) is 7. The van der Waals surface area contributed by atoms with Gasteiger partial charge >= 0.3 is 0 Å². The lowest BCUT2D eigenvalue weighted by Crippen LogP contribution is -2.21. The monoisotopic (exact) mass is 490 g/mol. The van der Waals surface area contributed by atoms with Crippen LogP contribution in [0.1, 0.15) is 51.2 Å². The molecule has 2 N–H and O–H groups in total. The maximum absolute atomic E-state index is 11.3. The first kappa shape index (κ1) is 22.4. The Balaban J connectivity index is 1.34. The van der Waals surface area contributed by atoms with Crippen LogP contribution in [0.3, 0.4) is 0 Å². The maximum Gasteiger partial charge on any atom is 0.162 e. The van der Waals surface area contributed by atoms with Gasteiger partial charge in [-0.3, -0.25) is 3.97 Å². The van der Waals surface area contributed by atoms with Crippen molar-refractivity contribution in [2.45, 2.75) is 51.1 Å². The van der Waals surface area contributed by atoms with E-state index in [0.717, 1.165) is 23.7 Å². The van der Waals surface area contributed by atoms with E-state index in [1.54, 1.807) is 49.4 Å². The average molecular weight is 491 g/mol. The van der Waals surface area contributed by atoms with Crippen molar-refractivity contribution in [3.8, 4) is 11.4 Å². The van der Waals surface area contributed by atoms with Gasteiger partial charge in [0.2, 0.25) is 0 Å². The number of benzene rings is 1. The summed E-state index contributed by atoms with van der Waals surface area (Å²) in [6, 6.07) is 5.32. The number of rotatable bonds is 8. The molecule has 2 atom stereocenters. The molecule has 1 fully saturated rings. The topological polar surface area (TPSA) is 111 Å². The molecule has 176 valence electrons. The fraction of sp³-hybridized carbons (Fsp3) is 0.455. The largest absolute Gasteiger partial charge is 0.492 e. The van der Waals surface area contributed by atoms with E-state index in [1.807, 2.05) is 10.0 Å².